The SMILES string of the molecule is O=S1(=O)CCC(CNC2CCOc3c(Cl)cc(Cl)cc32)C1. The Morgan fingerprint density at radius 2 is 2.10 bits per heavy atom. The molecule has 0 bridgehead atoms. The predicted octanol–water partition coefficient (Wildman–Crippen LogP) is 2.84. The van der Waals surface area contributed by atoms with E-state index in [1.54, 1.807) is 6.07 Å². The Labute approximate surface area is 134 Å². The molecule has 7 heteroatoms. The van der Waals surface area contributed by atoms with Gasteiger partial charge in [0.25, 0.3) is 0 Å². The van der Waals surface area contributed by atoms with Crippen LogP contribution in [0.2, 0.25) is 10.0 Å². The summed E-state index contributed by atoms with van der Waals surface area (Å²) in [5, 5.41) is 4.55. The van der Waals surface area contributed by atoms with Crippen molar-refractivity contribution in [3.8, 4) is 5.75 Å². The molecule has 0 radical (unpaired) electrons. The Kier molecular flexibility index (Phi) is 4.37. The van der Waals surface area contributed by atoms with Crippen molar-refractivity contribution in [3.63, 3.8) is 0 Å². The van der Waals surface area contributed by atoms with Gasteiger partial charge >= 0.3 is 0 Å². The van der Waals surface area contributed by atoms with Gasteiger partial charge in [-0.05, 0) is 31.0 Å². The topological polar surface area (TPSA) is 55.4 Å². The van der Waals surface area contributed by atoms with Crippen LogP contribution in [0, 0.1) is 5.92 Å². The molecule has 2 unspecified atom stereocenters. The van der Waals surface area contributed by atoms with Gasteiger partial charge in [0.2, 0.25) is 0 Å². The van der Waals surface area contributed by atoms with Gasteiger partial charge in [-0.3, -0.25) is 0 Å². The van der Waals surface area contributed by atoms with Gasteiger partial charge in [0.15, 0.2) is 9.84 Å². The summed E-state index contributed by atoms with van der Waals surface area (Å²) in [4.78, 5) is 0. The van der Waals surface area contributed by atoms with Gasteiger partial charge in [-0.1, -0.05) is 23.2 Å². The minimum absolute atomic E-state index is 0.105. The third-order valence-electron chi connectivity index (χ3n) is 4.05. The Morgan fingerprint density at radius 3 is 2.81 bits per heavy atom. The molecule has 1 fully saturated rings. The highest BCUT2D eigenvalue weighted by Gasteiger charge is 2.30. The van der Waals surface area contributed by atoms with Crippen LogP contribution < -0.4 is 10.1 Å². The lowest BCUT2D eigenvalue weighted by Crippen LogP contribution is -2.31. The highest BCUT2D eigenvalue weighted by molar-refractivity contribution is 7.91. The summed E-state index contributed by atoms with van der Waals surface area (Å²) in [7, 11) is -2.83. The Hall–Kier alpha value is -0.490. The second-order valence-corrected chi connectivity index (χ2v) is 8.75. The molecule has 1 aromatic rings. The van der Waals surface area contributed by atoms with Crippen LogP contribution in [0.25, 0.3) is 0 Å². The van der Waals surface area contributed by atoms with Crippen molar-refractivity contribution in [1.82, 2.24) is 5.32 Å². The number of sulfone groups is 1. The Bertz CT molecular complexity index is 648. The van der Waals surface area contributed by atoms with Crippen LogP contribution in [-0.2, 0) is 9.84 Å². The lowest BCUT2D eigenvalue weighted by molar-refractivity contribution is 0.249. The van der Waals surface area contributed by atoms with Crippen LogP contribution in [0.5, 0.6) is 5.75 Å². The first kappa shape index (κ1) is 15.4. The molecule has 0 amide bonds. The maximum absolute atomic E-state index is 11.5. The molecule has 116 valence electrons. The molecular weight excluding hydrogens is 333 g/mol. The van der Waals surface area contributed by atoms with E-state index in [1.807, 2.05) is 6.07 Å². The van der Waals surface area contributed by atoms with E-state index < -0.39 is 9.84 Å². The zero-order valence-electron chi connectivity index (χ0n) is 11.4. The fourth-order valence-electron chi connectivity index (χ4n) is 2.98. The summed E-state index contributed by atoms with van der Waals surface area (Å²) in [5.41, 5.74) is 0.958. The second-order valence-electron chi connectivity index (χ2n) is 5.67. The fraction of sp³-hybridized carbons (Fsp3) is 0.571. The van der Waals surface area contributed by atoms with Crippen LogP contribution in [0.3, 0.4) is 0 Å². The largest absolute Gasteiger partial charge is 0.492 e. The Morgan fingerprint density at radius 1 is 1.29 bits per heavy atom. The van der Waals surface area contributed by atoms with Crippen molar-refractivity contribution in [3.05, 3.63) is 27.7 Å². The molecule has 0 saturated carbocycles. The molecule has 2 heterocycles. The lowest BCUT2D eigenvalue weighted by atomic mass is 9.99. The first-order chi connectivity index (χ1) is 9.94. The van der Waals surface area contributed by atoms with Crippen molar-refractivity contribution >= 4 is 33.0 Å². The average Bonchev–Trinajstić information content (AvgIpc) is 2.76. The molecule has 2 aliphatic heterocycles. The van der Waals surface area contributed by atoms with E-state index in [4.69, 9.17) is 27.9 Å². The zero-order valence-corrected chi connectivity index (χ0v) is 13.8. The van der Waals surface area contributed by atoms with E-state index in [2.05, 4.69) is 5.32 Å². The monoisotopic (exact) mass is 349 g/mol. The maximum Gasteiger partial charge on any atom is 0.150 e. The minimum atomic E-state index is -2.83. The Balaban J connectivity index is 1.71. The highest BCUT2D eigenvalue weighted by Crippen LogP contribution is 2.40. The number of nitrogens with one attached hydrogen (secondary N) is 1. The smallest absolute Gasteiger partial charge is 0.150 e. The second kappa shape index (κ2) is 5.95. The van der Waals surface area contributed by atoms with Crippen LogP contribution in [0.15, 0.2) is 12.1 Å². The van der Waals surface area contributed by atoms with E-state index >= 15 is 0 Å². The van der Waals surface area contributed by atoms with Crippen LogP contribution >= 0.6 is 23.2 Å². The molecule has 1 saturated heterocycles. The standard InChI is InChI=1S/C14H17Cl2NO3S/c15-10-5-11-13(1-3-20-14(11)12(16)6-10)17-7-9-2-4-21(18,19)8-9/h5-6,9,13,17H,1-4,7-8H2. The summed E-state index contributed by atoms with van der Waals surface area (Å²) >= 11 is 12.2. The van der Waals surface area contributed by atoms with E-state index in [-0.39, 0.29) is 17.7 Å². The zero-order chi connectivity index (χ0) is 15.0. The lowest BCUT2D eigenvalue weighted by Gasteiger charge is -2.28. The highest BCUT2D eigenvalue weighted by atomic mass is 35.5. The van der Waals surface area contributed by atoms with Crippen LogP contribution in [0.4, 0.5) is 0 Å². The van der Waals surface area contributed by atoms with Gasteiger partial charge in [-0.25, -0.2) is 8.42 Å². The predicted molar refractivity (Wildman–Crippen MR) is 84.1 cm³/mol. The third kappa shape index (κ3) is 3.47. The fourth-order valence-corrected chi connectivity index (χ4v) is 5.41. The van der Waals surface area contributed by atoms with Crippen molar-refractivity contribution in [2.75, 3.05) is 24.7 Å². The number of rotatable bonds is 3. The molecule has 21 heavy (non-hydrogen) atoms. The quantitative estimate of drug-likeness (QED) is 0.911. The summed E-state index contributed by atoms with van der Waals surface area (Å²) in [6.45, 7) is 1.28. The third-order valence-corrected chi connectivity index (χ3v) is 6.38. The molecule has 2 atom stereocenters. The summed E-state index contributed by atoms with van der Waals surface area (Å²) < 4.78 is 28.6. The van der Waals surface area contributed by atoms with Crippen molar-refractivity contribution < 1.29 is 13.2 Å². The maximum atomic E-state index is 11.5. The summed E-state index contributed by atoms with van der Waals surface area (Å²) in [5.74, 6) is 1.47. The van der Waals surface area contributed by atoms with E-state index in [0.29, 0.717) is 34.7 Å². The van der Waals surface area contributed by atoms with Gasteiger partial charge in [0, 0.05) is 23.0 Å². The van der Waals surface area contributed by atoms with Crippen molar-refractivity contribution in [1.29, 1.82) is 0 Å². The molecule has 0 aliphatic carbocycles. The van der Waals surface area contributed by atoms with E-state index in [1.165, 1.54) is 0 Å². The average molecular weight is 350 g/mol. The first-order valence-electron chi connectivity index (χ1n) is 7.00. The number of hydrogen-bond donors (Lipinski definition) is 1. The molecular formula is C14H17Cl2NO3S. The van der Waals surface area contributed by atoms with Crippen LogP contribution in [-0.4, -0.2) is 33.1 Å². The van der Waals surface area contributed by atoms with Crippen molar-refractivity contribution in [2.24, 2.45) is 5.92 Å². The van der Waals surface area contributed by atoms with Crippen molar-refractivity contribution in [2.45, 2.75) is 18.9 Å². The number of benzene rings is 1. The normalized spacial score (nSPS) is 27.1. The summed E-state index contributed by atoms with van der Waals surface area (Å²) in [6, 6.07) is 3.65. The van der Waals surface area contributed by atoms with Gasteiger partial charge in [-0.15, -0.1) is 0 Å². The molecule has 1 aromatic carbocycles. The van der Waals surface area contributed by atoms with Crippen LogP contribution in [0.1, 0.15) is 24.4 Å². The molecule has 2 aliphatic rings. The summed E-state index contributed by atoms with van der Waals surface area (Å²) in [6.07, 6.45) is 1.56. The molecule has 4 nitrogen and oxygen atoms in total. The first-order valence-corrected chi connectivity index (χ1v) is 9.58. The number of ether oxygens (including phenoxy) is 1. The van der Waals surface area contributed by atoms with E-state index in [0.717, 1.165) is 18.4 Å². The number of hydrogen-bond acceptors (Lipinski definition) is 4. The molecule has 0 aromatic heterocycles. The van der Waals surface area contributed by atoms with E-state index in [9.17, 15) is 8.42 Å². The van der Waals surface area contributed by atoms with Gasteiger partial charge in [-0.2, -0.15) is 0 Å². The van der Waals surface area contributed by atoms with Gasteiger partial charge in [0.1, 0.15) is 5.75 Å². The van der Waals surface area contributed by atoms with Gasteiger partial charge < -0.3 is 10.1 Å². The molecule has 0 spiro atoms. The molecule has 1 N–H and O–H groups in total. The number of halogens is 2. The minimum Gasteiger partial charge on any atom is -0.492 e. The molecule has 3 rings (SSSR count). The number of fused-ring (bicyclic) bond motifs is 1. The van der Waals surface area contributed by atoms with Gasteiger partial charge in [0.05, 0.1) is 23.1 Å².